The van der Waals surface area contributed by atoms with Crippen molar-refractivity contribution in [3.05, 3.63) is 85.5 Å². The molecule has 2 aromatic rings. The van der Waals surface area contributed by atoms with Crippen LogP contribution in [0.1, 0.15) is 39.2 Å². The second-order valence-corrected chi connectivity index (χ2v) is 13.7. The van der Waals surface area contributed by atoms with E-state index in [0.29, 0.717) is 37.6 Å². The lowest BCUT2D eigenvalue weighted by Crippen LogP contribution is -2.59. The zero-order valence-electron chi connectivity index (χ0n) is 26.5. The Morgan fingerprint density at radius 3 is 2.38 bits per heavy atom. The zero-order chi connectivity index (χ0) is 32.3. The van der Waals surface area contributed by atoms with Gasteiger partial charge >= 0.3 is 0 Å². The number of anilines is 1. The SMILES string of the molecule is C=CCN(Cc1ccccc1)C(=O)C1N([C@@H](CC)CO)C(=O)[C@@H]2[C@H](C(=O)N(CC=C)c3ccc(OCC)cc3)[C@@H]3CC(C)C12S3. The zero-order valence-corrected chi connectivity index (χ0v) is 27.3. The highest BCUT2D eigenvalue weighted by Gasteiger charge is 2.77. The van der Waals surface area contributed by atoms with Crippen molar-refractivity contribution in [2.45, 2.75) is 62.2 Å². The fraction of sp³-hybridized carbons (Fsp3) is 0.472. The third-order valence-electron chi connectivity index (χ3n) is 9.69. The number of carbonyl (C=O) groups excluding carboxylic acids is 3. The number of nitrogens with zero attached hydrogens (tertiary/aromatic N) is 3. The summed E-state index contributed by atoms with van der Waals surface area (Å²) in [6.45, 7) is 15.0. The Morgan fingerprint density at radius 2 is 1.78 bits per heavy atom. The van der Waals surface area contributed by atoms with Gasteiger partial charge in [-0.2, -0.15) is 0 Å². The van der Waals surface area contributed by atoms with E-state index in [2.05, 4.69) is 20.1 Å². The first-order valence-electron chi connectivity index (χ1n) is 16.0. The highest BCUT2D eigenvalue weighted by atomic mass is 32.2. The van der Waals surface area contributed by atoms with Crippen LogP contribution in [0.5, 0.6) is 5.75 Å². The van der Waals surface area contributed by atoms with Crippen molar-refractivity contribution >= 4 is 35.2 Å². The second kappa shape index (κ2) is 13.8. The van der Waals surface area contributed by atoms with Crippen molar-refractivity contribution in [1.29, 1.82) is 0 Å². The molecule has 3 heterocycles. The maximum absolute atomic E-state index is 14.8. The van der Waals surface area contributed by atoms with Crippen LogP contribution >= 0.6 is 11.8 Å². The summed E-state index contributed by atoms with van der Waals surface area (Å²) in [7, 11) is 0. The Hall–Kier alpha value is -3.56. The fourth-order valence-electron chi connectivity index (χ4n) is 7.71. The molecule has 3 aliphatic rings. The van der Waals surface area contributed by atoms with Gasteiger partial charge in [-0.1, -0.05) is 56.3 Å². The van der Waals surface area contributed by atoms with E-state index in [-0.39, 0.29) is 42.0 Å². The van der Waals surface area contributed by atoms with Crippen molar-refractivity contribution in [3.8, 4) is 5.75 Å². The van der Waals surface area contributed by atoms with Crippen LogP contribution in [-0.2, 0) is 20.9 Å². The van der Waals surface area contributed by atoms with Crippen molar-refractivity contribution < 1.29 is 24.2 Å². The highest BCUT2D eigenvalue weighted by Crippen LogP contribution is 2.69. The Bertz CT molecular complexity index is 1400. The Balaban J connectivity index is 1.56. The standard InChI is InChI=1S/C36H45N3O5S/c1-6-19-37(22-25-13-11-10-12-14-25)35(43)32-36-24(5)21-29(45-36)30(31(36)34(42)39(32)26(8-3)23-40)33(41)38(20-7-2)27-15-17-28(18-16-27)44-9-4/h6-7,10-18,24,26,29-32,40H,1-2,8-9,19-23H2,3-5H3/t24?,26-,29-,30+,31-,32?,36?/m0/s1. The lowest BCUT2D eigenvalue weighted by Gasteiger charge is -2.42. The number of ether oxygens (including phenoxy) is 1. The predicted octanol–water partition coefficient (Wildman–Crippen LogP) is 4.93. The summed E-state index contributed by atoms with van der Waals surface area (Å²) in [5.74, 6) is -1.07. The molecule has 3 aliphatic heterocycles. The molecule has 3 fully saturated rings. The molecule has 0 radical (unpaired) electrons. The van der Waals surface area contributed by atoms with Gasteiger partial charge in [-0.25, -0.2) is 0 Å². The maximum Gasteiger partial charge on any atom is 0.247 e. The van der Waals surface area contributed by atoms with Gasteiger partial charge in [0.15, 0.2) is 0 Å². The van der Waals surface area contributed by atoms with Crippen LogP contribution < -0.4 is 9.64 Å². The van der Waals surface area contributed by atoms with Crippen LogP contribution in [0.15, 0.2) is 79.9 Å². The summed E-state index contributed by atoms with van der Waals surface area (Å²) < 4.78 is 4.81. The van der Waals surface area contributed by atoms with Crippen LogP contribution in [-0.4, -0.2) is 81.0 Å². The number of thioether (sulfide) groups is 1. The summed E-state index contributed by atoms with van der Waals surface area (Å²) in [6.07, 6.45) is 4.62. The fourth-order valence-corrected chi connectivity index (χ4v) is 10.1. The average Bonchev–Trinajstić information content (AvgIpc) is 3.64. The van der Waals surface area contributed by atoms with Gasteiger partial charge in [0.25, 0.3) is 0 Å². The van der Waals surface area contributed by atoms with Gasteiger partial charge in [0.1, 0.15) is 11.8 Å². The lowest BCUT2D eigenvalue weighted by atomic mass is 9.65. The van der Waals surface area contributed by atoms with Gasteiger partial charge in [0.05, 0.1) is 35.8 Å². The minimum Gasteiger partial charge on any atom is -0.494 e. The lowest BCUT2D eigenvalue weighted by molar-refractivity contribution is -0.146. The van der Waals surface area contributed by atoms with Gasteiger partial charge in [-0.15, -0.1) is 24.9 Å². The molecule has 0 saturated carbocycles. The molecule has 0 aliphatic carbocycles. The Morgan fingerprint density at radius 1 is 1.09 bits per heavy atom. The van der Waals surface area contributed by atoms with E-state index in [9.17, 15) is 19.5 Å². The molecular weight excluding hydrogens is 586 g/mol. The first-order chi connectivity index (χ1) is 21.8. The van der Waals surface area contributed by atoms with Crippen molar-refractivity contribution in [3.63, 3.8) is 0 Å². The van der Waals surface area contributed by atoms with E-state index >= 15 is 0 Å². The molecular formula is C36H45N3O5S. The first-order valence-corrected chi connectivity index (χ1v) is 16.8. The number of benzene rings is 2. The van der Waals surface area contributed by atoms with Crippen molar-refractivity contribution in [1.82, 2.24) is 9.80 Å². The molecule has 1 N–H and O–H groups in total. The normalized spacial score (nSPS) is 27.2. The quantitative estimate of drug-likeness (QED) is 0.298. The molecule has 240 valence electrons. The molecule has 0 aromatic heterocycles. The smallest absolute Gasteiger partial charge is 0.247 e. The van der Waals surface area contributed by atoms with Gasteiger partial charge in [-0.05, 0) is 55.5 Å². The molecule has 7 atom stereocenters. The van der Waals surface area contributed by atoms with E-state index < -0.39 is 28.7 Å². The number of carbonyl (C=O) groups is 3. The number of aliphatic hydroxyl groups is 1. The molecule has 1 spiro atoms. The van der Waals surface area contributed by atoms with Crippen molar-refractivity contribution in [2.75, 3.05) is 31.2 Å². The van der Waals surface area contributed by atoms with E-state index in [0.717, 1.165) is 12.0 Å². The minimum atomic E-state index is -0.808. The summed E-state index contributed by atoms with van der Waals surface area (Å²) in [4.78, 5) is 49.2. The number of likely N-dealkylation sites (tertiary alicyclic amines) is 1. The number of rotatable bonds is 14. The maximum atomic E-state index is 14.8. The molecule has 5 rings (SSSR count). The summed E-state index contributed by atoms with van der Waals surface area (Å²) in [5, 5.41) is 10.4. The van der Waals surface area contributed by atoms with E-state index in [1.807, 2.05) is 68.4 Å². The molecule has 3 unspecified atom stereocenters. The van der Waals surface area contributed by atoms with Crippen LogP contribution in [0.4, 0.5) is 5.69 Å². The molecule has 2 bridgehead atoms. The topological polar surface area (TPSA) is 90.4 Å². The summed E-state index contributed by atoms with van der Waals surface area (Å²) in [6, 6.07) is 15.8. The van der Waals surface area contributed by atoms with Gasteiger partial charge in [0, 0.05) is 30.6 Å². The molecule has 3 amide bonds. The number of hydrogen-bond donors (Lipinski definition) is 1. The largest absolute Gasteiger partial charge is 0.494 e. The highest BCUT2D eigenvalue weighted by molar-refractivity contribution is 8.02. The average molecular weight is 632 g/mol. The number of aliphatic hydroxyl groups excluding tert-OH is 1. The van der Waals surface area contributed by atoms with E-state index in [1.165, 1.54) is 0 Å². The van der Waals surface area contributed by atoms with Gasteiger partial charge in [0.2, 0.25) is 17.7 Å². The minimum absolute atomic E-state index is 0.0151. The first kappa shape index (κ1) is 32.8. The second-order valence-electron chi connectivity index (χ2n) is 12.2. The summed E-state index contributed by atoms with van der Waals surface area (Å²) >= 11 is 1.65. The van der Waals surface area contributed by atoms with E-state index in [1.54, 1.807) is 38.6 Å². The molecule has 3 saturated heterocycles. The molecule has 8 nitrogen and oxygen atoms in total. The number of hydrogen-bond acceptors (Lipinski definition) is 6. The Kier molecular flexibility index (Phi) is 10.1. The molecule has 2 aromatic carbocycles. The summed E-state index contributed by atoms with van der Waals surface area (Å²) in [5.41, 5.74) is 1.68. The van der Waals surface area contributed by atoms with Gasteiger partial charge < -0.3 is 24.5 Å². The van der Waals surface area contributed by atoms with Gasteiger partial charge in [-0.3, -0.25) is 14.4 Å². The van der Waals surface area contributed by atoms with Crippen molar-refractivity contribution in [2.24, 2.45) is 17.8 Å². The van der Waals surface area contributed by atoms with Crippen LogP contribution in [0.2, 0.25) is 0 Å². The third-order valence-corrected chi connectivity index (χ3v) is 11.8. The monoisotopic (exact) mass is 631 g/mol. The third kappa shape index (κ3) is 5.69. The Labute approximate surface area is 271 Å². The number of fused-ring (bicyclic) bond motifs is 1. The number of amides is 3. The van der Waals surface area contributed by atoms with Crippen LogP contribution in [0, 0.1) is 17.8 Å². The van der Waals surface area contributed by atoms with E-state index in [4.69, 9.17) is 4.74 Å². The van der Waals surface area contributed by atoms with Crippen LogP contribution in [0.25, 0.3) is 0 Å². The predicted molar refractivity (Wildman–Crippen MR) is 179 cm³/mol. The van der Waals surface area contributed by atoms with Crippen LogP contribution in [0.3, 0.4) is 0 Å². The molecule has 9 heteroatoms. The molecule has 45 heavy (non-hydrogen) atoms.